The number of rotatable bonds is 9. The third-order valence-electron chi connectivity index (χ3n) is 8.71. The van der Waals surface area contributed by atoms with Crippen molar-refractivity contribution in [1.82, 2.24) is 4.90 Å². The number of amides is 1. The first-order valence-electron chi connectivity index (χ1n) is 15.5. The minimum atomic E-state index is -1.64. The first-order chi connectivity index (χ1) is 22.7. The lowest BCUT2D eigenvalue weighted by molar-refractivity contribution is -0.132. The number of aliphatic carboxylic acids is 1. The average molecular weight is 735 g/mol. The summed E-state index contributed by atoms with van der Waals surface area (Å²) in [6.45, 7) is 6.42. The van der Waals surface area contributed by atoms with Gasteiger partial charge in [0.05, 0.1) is 18.8 Å². The molecule has 3 aromatic carbocycles. The highest BCUT2D eigenvalue weighted by molar-refractivity contribution is 9.10. The Morgan fingerprint density at radius 3 is 2.57 bits per heavy atom. The van der Waals surface area contributed by atoms with E-state index in [1.165, 1.54) is 11.3 Å². The lowest BCUT2D eigenvalue weighted by Gasteiger charge is -2.42. The summed E-state index contributed by atoms with van der Waals surface area (Å²) in [7, 11) is 0. The molecule has 3 heterocycles. The van der Waals surface area contributed by atoms with Crippen LogP contribution in [-0.4, -0.2) is 65.3 Å². The molecule has 47 heavy (non-hydrogen) atoms. The molecule has 0 bridgehead atoms. The van der Waals surface area contributed by atoms with Gasteiger partial charge in [0, 0.05) is 53.8 Å². The Hall–Kier alpha value is -3.77. The third-order valence-corrected chi connectivity index (χ3v) is 12.0. The molecular weight excluding hydrogens is 698 g/mol. The van der Waals surface area contributed by atoms with Gasteiger partial charge >= 0.3 is 5.97 Å². The summed E-state index contributed by atoms with van der Waals surface area (Å²) in [6, 6.07) is 25.5. The van der Waals surface area contributed by atoms with Gasteiger partial charge in [0.15, 0.2) is 4.90 Å². The first kappa shape index (κ1) is 33.1. The molecule has 0 spiro atoms. The largest absolute Gasteiger partial charge is 0.588 e. The highest BCUT2D eigenvalue weighted by Gasteiger charge is 2.33. The van der Waals surface area contributed by atoms with Crippen LogP contribution in [-0.2, 0) is 22.6 Å². The molecule has 0 saturated carbocycles. The molecule has 244 valence electrons. The molecule has 0 radical (unpaired) electrons. The number of hydrogen-bond acceptors (Lipinski definition) is 7. The monoisotopic (exact) mass is 733 g/mol. The number of fused-ring (bicyclic) bond motifs is 1. The van der Waals surface area contributed by atoms with Crippen molar-refractivity contribution in [3.8, 4) is 5.75 Å². The molecule has 0 aliphatic carbocycles. The molecule has 2 aliphatic heterocycles. The van der Waals surface area contributed by atoms with E-state index in [-0.39, 0.29) is 18.6 Å². The van der Waals surface area contributed by atoms with Crippen LogP contribution in [0.5, 0.6) is 5.75 Å². The minimum Gasteiger partial charge on any atom is -0.588 e. The summed E-state index contributed by atoms with van der Waals surface area (Å²) < 4.78 is 23.3. The number of nitrogens with zero attached hydrogens (tertiary/aromatic N) is 3. The summed E-state index contributed by atoms with van der Waals surface area (Å²) >= 11 is 3.31. The van der Waals surface area contributed by atoms with Gasteiger partial charge < -0.3 is 24.2 Å². The third kappa shape index (κ3) is 7.08. The Bertz CT molecular complexity index is 1800. The number of anilines is 2. The van der Waals surface area contributed by atoms with E-state index in [1.54, 1.807) is 13.0 Å². The smallest absolute Gasteiger partial charge is 0.331 e. The van der Waals surface area contributed by atoms with Crippen molar-refractivity contribution < 1.29 is 24.0 Å². The number of para-hydroxylation sites is 2. The van der Waals surface area contributed by atoms with Gasteiger partial charge in [0.2, 0.25) is 0 Å². The lowest BCUT2D eigenvalue weighted by Crippen LogP contribution is -2.54. The van der Waals surface area contributed by atoms with E-state index in [0.717, 1.165) is 21.4 Å². The zero-order chi connectivity index (χ0) is 33.1. The number of halogens is 1. The van der Waals surface area contributed by atoms with E-state index >= 15 is 0 Å². The maximum absolute atomic E-state index is 14.7. The fourth-order valence-corrected chi connectivity index (χ4v) is 8.98. The Morgan fingerprint density at radius 1 is 1.09 bits per heavy atom. The number of carboxylic acids is 1. The van der Waals surface area contributed by atoms with Crippen LogP contribution in [0.3, 0.4) is 0 Å². The summed E-state index contributed by atoms with van der Waals surface area (Å²) in [4.78, 5) is 30.8. The fraction of sp³-hybridized carbons (Fsp3) is 0.278. The molecule has 2 aliphatic rings. The van der Waals surface area contributed by atoms with E-state index in [4.69, 9.17) is 4.74 Å². The van der Waals surface area contributed by atoms with E-state index in [2.05, 4.69) is 46.0 Å². The number of ether oxygens (including phenoxy) is 1. The quantitative estimate of drug-likeness (QED) is 0.181. The predicted molar refractivity (Wildman–Crippen MR) is 192 cm³/mol. The highest BCUT2D eigenvalue weighted by Crippen LogP contribution is 2.39. The van der Waals surface area contributed by atoms with Gasteiger partial charge in [-0.05, 0) is 83.0 Å². The SMILES string of the molecule is CC1=C(C(=O)O)CCOc2ccc([S+]([O-])N(CCc3ccccc3)c3ccccc3N3CCN(C(=O)c4sccc4Br)C[C@@H]3C)cc21. The molecule has 11 heteroatoms. The second-order valence-electron chi connectivity index (χ2n) is 11.6. The van der Waals surface area contributed by atoms with Gasteiger partial charge in [-0.3, -0.25) is 4.79 Å². The summed E-state index contributed by atoms with van der Waals surface area (Å²) in [5, 5.41) is 11.7. The second kappa shape index (κ2) is 14.6. The van der Waals surface area contributed by atoms with Crippen LogP contribution in [0, 0.1) is 0 Å². The molecule has 1 N–H and O–H groups in total. The van der Waals surface area contributed by atoms with Gasteiger partial charge in [-0.2, -0.15) is 4.31 Å². The number of carbonyl (C=O) groups is 2. The zero-order valence-electron chi connectivity index (χ0n) is 26.2. The Morgan fingerprint density at radius 2 is 1.85 bits per heavy atom. The predicted octanol–water partition coefficient (Wildman–Crippen LogP) is 7.27. The maximum atomic E-state index is 14.7. The molecule has 6 rings (SSSR count). The van der Waals surface area contributed by atoms with Crippen LogP contribution in [0.25, 0.3) is 5.57 Å². The Balaban J connectivity index is 1.33. The van der Waals surface area contributed by atoms with Crippen LogP contribution >= 0.6 is 27.3 Å². The van der Waals surface area contributed by atoms with Gasteiger partial charge in [-0.25, -0.2) is 4.79 Å². The Kier molecular flexibility index (Phi) is 10.3. The van der Waals surface area contributed by atoms with Crippen LogP contribution in [0.1, 0.15) is 41.1 Å². The molecule has 1 aromatic heterocycles. The summed E-state index contributed by atoms with van der Waals surface area (Å²) in [5.41, 5.74) is 4.49. The zero-order valence-corrected chi connectivity index (χ0v) is 29.4. The van der Waals surface area contributed by atoms with Crippen molar-refractivity contribution in [3.05, 3.63) is 110 Å². The van der Waals surface area contributed by atoms with Crippen molar-refractivity contribution in [3.63, 3.8) is 0 Å². The van der Waals surface area contributed by atoms with Crippen molar-refractivity contribution in [2.75, 3.05) is 42.0 Å². The average Bonchev–Trinajstić information content (AvgIpc) is 3.44. The highest BCUT2D eigenvalue weighted by atomic mass is 79.9. The number of benzene rings is 3. The molecular formula is C36H36BrN3O5S2. The molecule has 1 unspecified atom stereocenters. The fourth-order valence-electron chi connectivity index (χ4n) is 6.22. The number of carboxylic acid groups (broad SMARTS) is 1. The lowest BCUT2D eigenvalue weighted by atomic mass is 10.00. The maximum Gasteiger partial charge on any atom is 0.331 e. The van der Waals surface area contributed by atoms with E-state index < -0.39 is 17.3 Å². The van der Waals surface area contributed by atoms with Crippen molar-refractivity contribution >= 4 is 67.5 Å². The number of thiophene rings is 1. The van der Waals surface area contributed by atoms with E-state index in [1.807, 2.05) is 69.2 Å². The minimum absolute atomic E-state index is 0.0175. The van der Waals surface area contributed by atoms with E-state index in [0.29, 0.717) is 71.3 Å². The Labute approximate surface area is 290 Å². The van der Waals surface area contributed by atoms with Crippen LogP contribution in [0.15, 0.2) is 99.2 Å². The van der Waals surface area contributed by atoms with Gasteiger partial charge in [0.25, 0.3) is 5.91 Å². The first-order valence-corrected chi connectivity index (χ1v) is 18.3. The molecule has 8 nitrogen and oxygen atoms in total. The second-order valence-corrected chi connectivity index (χ2v) is 14.8. The molecule has 1 saturated heterocycles. The van der Waals surface area contributed by atoms with Gasteiger partial charge in [0.1, 0.15) is 27.7 Å². The number of hydrogen-bond donors (Lipinski definition) is 1. The molecule has 2 atom stereocenters. The van der Waals surface area contributed by atoms with E-state index in [9.17, 15) is 19.2 Å². The van der Waals surface area contributed by atoms with Crippen LogP contribution in [0.4, 0.5) is 11.4 Å². The molecule has 1 amide bonds. The standard InChI is InChI=1S/C36H36BrN3O5S2/c1-24-23-38(35(41)34-30(37)16-21-46-34)18-19-39(24)31-10-6-7-11-32(31)40(17-14-26-8-4-3-5-9-26)47(44)27-12-13-33-29(22-27)25(2)28(36(42)43)15-20-45-33/h3-13,16,21-22,24H,14-15,17-20,23H2,1-2H3,(H,42,43)/t24-,47?/m0/s1. The number of allylic oxidation sites excluding steroid dienone is 1. The van der Waals surface area contributed by atoms with Gasteiger partial charge in [-0.1, -0.05) is 42.5 Å². The number of carbonyl (C=O) groups excluding carboxylic acids is 1. The van der Waals surface area contributed by atoms with Crippen molar-refractivity contribution in [2.45, 2.75) is 37.6 Å². The normalized spacial score (nSPS) is 17.1. The van der Waals surface area contributed by atoms with Crippen molar-refractivity contribution in [2.24, 2.45) is 0 Å². The molecule has 4 aromatic rings. The van der Waals surface area contributed by atoms with Gasteiger partial charge in [-0.15, -0.1) is 11.3 Å². The van der Waals surface area contributed by atoms with Crippen molar-refractivity contribution in [1.29, 1.82) is 0 Å². The molecule has 1 fully saturated rings. The number of piperazine rings is 1. The summed E-state index contributed by atoms with van der Waals surface area (Å²) in [5.74, 6) is -0.353. The topological polar surface area (TPSA) is 96.4 Å². The van der Waals surface area contributed by atoms with Crippen LogP contribution < -0.4 is 13.9 Å². The summed E-state index contributed by atoms with van der Waals surface area (Å²) in [6.07, 6.45) is 0.969. The van der Waals surface area contributed by atoms with Crippen LogP contribution in [0.2, 0.25) is 0 Å².